The van der Waals surface area contributed by atoms with E-state index in [1.165, 1.54) is 13.0 Å². The number of hydrogen-bond acceptors (Lipinski definition) is 4. The number of piperidine rings is 1. The first kappa shape index (κ1) is 16.4. The van der Waals surface area contributed by atoms with Crippen LogP contribution in [-0.2, 0) is 14.8 Å². The van der Waals surface area contributed by atoms with Gasteiger partial charge in [-0.3, -0.25) is 4.79 Å². The second-order valence-electron chi connectivity index (χ2n) is 6.25. The molecule has 0 radical (unpaired) electrons. The summed E-state index contributed by atoms with van der Waals surface area (Å²) in [5.74, 6) is -1.12. The van der Waals surface area contributed by atoms with Crippen molar-refractivity contribution in [2.75, 3.05) is 5.32 Å². The molecule has 6 nitrogen and oxygen atoms in total. The van der Waals surface area contributed by atoms with Crippen molar-refractivity contribution in [3.05, 3.63) is 24.0 Å². The third kappa shape index (κ3) is 3.70. The van der Waals surface area contributed by atoms with Gasteiger partial charge in [-0.05, 0) is 43.9 Å². The van der Waals surface area contributed by atoms with Crippen molar-refractivity contribution >= 4 is 21.6 Å². The summed E-state index contributed by atoms with van der Waals surface area (Å²) < 4.78 is 41.4. The Kier molecular flexibility index (Phi) is 4.39. The highest BCUT2D eigenvalue weighted by atomic mass is 32.2. The van der Waals surface area contributed by atoms with Crippen LogP contribution in [0.2, 0.25) is 0 Å². The van der Waals surface area contributed by atoms with Crippen LogP contribution in [0.15, 0.2) is 23.1 Å². The van der Waals surface area contributed by atoms with Gasteiger partial charge in [-0.2, -0.15) is 0 Å². The lowest BCUT2D eigenvalue weighted by molar-refractivity contribution is -0.114. The summed E-state index contributed by atoms with van der Waals surface area (Å²) >= 11 is 0. The van der Waals surface area contributed by atoms with Crippen molar-refractivity contribution < 1.29 is 17.6 Å². The fraction of sp³-hybridized carbons (Fsp3) is 0.533. The van der Waals surface area contributed by atoms with E-state index in [1.807, 2.05) is 0 Å². The molecule has 23 heavy (non-hydrogen) atoms. The van der Waals surface area contributed by atoms with Crippen LogP contribution < -0.4 is 15.4 Å². The van der Waals surface area contributed by atoms with Crippen LogP contribution in [0, 0.1) is 5.82 Å². The van der Waals surface area contributed by atoms with Crippen LogP contribution in [-0.4, -0.2) is 32.5 Å². The third-order valence-corrected chi connectivity index (χ3v) is 5.87. The molecule has 3 rings (SSSR count). The van der Waals surface area contributed by atoms with E-state index in [1.54, 1.807) is 0 Å². The minimum Gasteiger partial charge on any atom is -0.324 e. The molecule has 126 valence electrons. The Balaban J connectivity index is 1.78. The highest BCUT2D eigenvalue weighted by molar-refractivity contribution is 7.89. The summed E-state index contributed by atoms with van der Waals surface area (Å²) in [4.78, 5) is 11.0. The summed E-state index contributed by atoms with van der Waals surface area (Å²) in [6.07, 6.45) is 3.67. The first-order chi connectivity index (χ1) is 10.8. The predicted octanol–water partition coefficient (Wildman–Crippen LogP) is 1.35. The smallest absolute Gasteiger partial charge is 0.240 e. The fourth-order valence-electron chi connectivity index (χ4n) is 3.40. The summed E-state index contributed by atoms with van der Waals surface area (Å²) in [6.45, 7) is 1.24. The van der Waals surface area contributed by atoms with E-state index in [0.29, 0.717) is 12.1 Å². The van der Waals surface area contributed by atoms with Gasteiger partial charge in [0.1, 0.15) is 5.82 Å². The molecule has 3 N–H and O–H groups in total. The molecule has 2 aliphatic rings. The molecule has 2 heterocycles. The minimum absolute atomic E-state index is 0.0477. The zero-order chi connectivity index (χ0) is 16.6. The first-order valence-corrected chi connectivity index (χ1v) is 9.17. The largest absolute Gasteiger partial charge is 0.324 e. The summed E-state index contributed by atoms with van der Waals surface area (Å²) in [6, 6.07) is 4.02. The molecular weight excluding hydrogens is 321 g/mol. The molecule has 0 spiro atoms. The molecule has 2 fully saturated rings. The number of rotatable bonds is 4. The number of carbonyl (C=O) groups is 1. The molecule has 2 saturated heterocycles. The normalized spacial score (nSPS) is 27.0. The number of hydrogen-bond donors (Lipinski definition) is 3. The Morgan fingerprint density at radius 2 is 1.91 bits per heavy atom. The second-order valence-corrected chi connectivity index (χ2v) is 7.96. The lowest BCUT2D eigenvalue weighted by atomic mass is 10.0. The molecule has 2 bridgehead atoms. The van der Waals surface area contributed by atoms with Gasteiger partial charge >= 0.3 is 0 Å². The first-order valence-electron chi connectivity index (χ1n) is 7.69. The maximum atomic E-state index is 13.6. The van der Waals surface area contributed by atoms with Gasteiger partial charge < -0.3 is 10.6 Å². The van der Waals surface area contributed by atoms with Crippen LogP contribution in [0.1, 0.15) is 32.6 Å². The summed E-state index contributed by atoms with van der Waals surface area (Å²) in [7, 11) is -3.75. The van der Waals surface area contributed by atoms with Crippen molar-refractivity contribution in [2.24, 2.45) is 0 Å². The maximum absolute atomic E-state index is 13.6. The van der Waals surface area contributed by atoms with Gasteiger partial charge in [0.15, 0.2) is 0 Å². The third-order valence-electron chi connectivity index (χ3n) is 4.35. The van der Waals surface area contributed by atoms with Gasteiger partial charge in [-0.1, -0.05) is 0 Å². The molecule has 1 aromatic rings. The van der Waals surface area contributed by atoms with Crippen LogP contribution in [0.4, 0.5) is 10.1 Å². The van der Waals surface area contributed by atoms with E-state index >= 15 is 0 Å². The van der Waals surface area contributed by atoms with Gasteiger partial charge in [0.25, 0.3) is 0 Å². The number of sulfonamides is 1. The molecule has 1 amide bonds. The number of nitrogens with one attached hydrogen (secondary N) is 3. The lowest BCUT2D eigenvalue weighted by Gasteiger charge is -2.29. The van der Waals surface area contributed by atoms with E-state index in [4.69, 9.17) is 0 Å². The van der Waals surface area contributed by atoms with E-state index in [2.05, 4.69) is 15.4 Å². The topological polar surface area (TPSA) is 87.3 Å². The Labute approximate surface area is 134 Å². The minimum atomic E-state index is -3.75. The number of halogens is 1. The zero-order valence-corrected chi connectivity index (χ0v) is 13.6. The SMILES string of the molecule is CC(=O)Nc1cc(S(=O)(=O)NC2CC3CCC(C2)N3)ccc1F. The van der Waals surface area contributed by atoms with Crippen LogP contribution in [0.25, 0.3) is 0 Å². The van der Waals surface area contributed by atoms with Gasteiger partial charge in [0, 0.05) is 25.0 Å². The van der Waals surface area contributed by atoms with Crippen LogP contribution in [0.5, 0.6) is 0 Å². The van der Waals surface area contributed by atoms with Crippen molar-refractivity contribution in [3.8, 4) is 0 Å². The van der Waals surface area contributed by atoms with Crippen molar-refractivity contribution in [1.29, 1.82) is 0 Å². The Bertz CT molecular complexity index is 711. The number of anilines is 1. The van der Waals surface area contributed by atoms with Crippen LogP contribution in [0.3, 0.4) is 0 Å². The predicted molar refractivity (Wildman–Crippen MR) is 84.0 cm³/mol. The standard InChI is InChI=1S/C15H20FN3O3S/c1-9(20)17-15-8-13(4-5-14(15)16)23(21,22)19-12-6-10-2-3-11(7-12)18-10/h4-5,8,10-12,18-19H,2-3,6-7H2,1H3,(H,17,20). The molecule has 0 aliphatic carbocycles. The maximum Gasteiger partial charge on any atom is 0.240 e. The molecule has 2 unspecified atom stereocenters. The van der Waals surface area contributed by atoms with E-state index in [0.717, 1.165) is 37.8 Å². The van der Waals surface area contributed by atoms with Crippen molar-refractivity contribution in [2.45, 2.75) is 55.6 Å². The van der Waals surface area contributed by atoms with Gasteiger partial charge in [0.2, 0.25) is 15.9 Å². The molecule has 2 atom stereocenters. The average Bonchev–Trinajstić information content (AvgIpc) is 2.79. The number of carbonyl (C=O) groups excluding carboxylic acids is 1. The van der Waals surface area contributed by atoms with Gasteiger partial charge in [0.05, 0.1) is 10.6 Å². The Morgan fingerprint density at radius 3 is 2.52 bits per heavy atom. The highest BCUT2D eigenvalue weighted by Gasteiger charge is 2.35. The van der Waals surface area contributed by atoms with Crippen molar-refractivity contribution in [3.63, 3.8) is 0 Å². The Hall–Kier alpha value is -1.51. The summed E-state index contributed by atoms with van der Waals surface area (Å²) in [5.41, 5.74) is -0.134. The molecule has 0 aromatic heterocycles. The average molecular weight is 341 g/mol. The summed E-state index contributed by atoms with van der Waals surface area (Å²) in [5, 5.41) is 5.75. The van der Waals surface area contributed by atoms with E-state index < -0.39 is 21.7 Å². The Morgan fingerprint density at radius 1 is 1.26 bits per heavy atom. The van der Waals surface area contributed by atoms with E-state index in [9.17, 15) is 17.6 Å². The fourth-order valence-corrected chi connectivity index (χ4v) is 4.69. The quantitative estimate of drug-likeness (QED) is 0.771. The van der Waals surface area contributed by atoms with Crippen molar-refractivity contribution in [1.82, 2.24) is 10.0 Å². The highest BCUT2D eigenvalue weighted by Crippen LogP contribution is 2.28. The lowest BCUT2D eigenvalue weighted by Crippen LogP contribution is -2.47. The molecule has 2 aliphatic heterocycles. The number of amides is 1. The molecule has 1 aromatic carbocycles. The molecule has 0 saturated carbocycles. The van der Waals surface area contributed by atoms with Crippen LogP contribution >= 0.6 is 0 Å². The van der Waals surface area contributed by atoms with Gasteiger partial charge in [-0.25, -0.2) is 17.5 Å². The second kappa shape index (κ2) is 6.18. The molecular formula is C15H20FN3O3S. The van der Waals surface area contributed by atoms with Gasteiger partial charge in [-0.15, -0.1) is 0 Å². The number of benzene rings is 1. The number of fused-ring (bicyclic) bond motifs is 2. The monoisotopic (exact) mass is 341 g/mol. The molecule has 8 heteroatoms. The van der Waals surface area contributed by atoms with E-state index in [-0.39, 0.29) is 16.6 Å². The zero-order valence-electron chi connectivity index (χ0n) is 12.8.